The topological polar surface area (TPSA) is 25.8 Å². The van der Waals surface area contributed by atoms with E-state index in [4.69, 9.17) is 11.6 Å². The summed E-state index contributed by atoms with van der Waals surface area (Å²) in [4.78, 5) is 8.97. The van der Waals surface area contributed by atoms with Gasteiger partial charge in [-0.05, 0) is 45.1 Å². The number of halogens is 1. The number of hydrogen-bond donors (Lipinski definition) is 0. The fraction of sp³-hybridized carbons (Fsp3) is 0.636. The van der Waals surface area contributed by atoms with Crippen molar-refractivity contribution in [3.63, 3.8) is 0 Å². The zero-order valence-electron chi connectivity index (χ0n) is 8.68. The van der Waals surface area contributed by atoms with Crippen molar-refractivity contribution in [2.45, 2.75) is 44.9 Å². The number of fused-ring (bicyclic) bond motifs is 1. The summed E-state index contributed by atoms with van der Waals surface area (Å²) in [6, 6.07) is 0. The van der Waals surface area contributed by atoms with Crippen LogP contribution in [0.3, 0.4) is 0 Å². The van der Waals surface area contributed by atoms with E-state index in [9.17, 15) is 0 Å². The van der Waals surface area contributed by atoms with Gasteiger partial charge in [0.2, 0.25) is 0 Å². The summed E-state index contributed by atoms with van der Waals surface area (Å²) >= 11 is 5.99. The van der Waals surface area contributed by atoms with Crippen LogP contribution in [0, 0.1) is 6.92 Å². The molecule has 0 N–H and O–H groups in total. The first-order valence-electron chi connectivity index (χ1n) is 5.19. The Morgan fingerprint density at radius 1 is 1.21 bits per heavy atom. The minimum Gasteiger partial charge on any atom is -0.236 e. The SMILES string of the molecule is Cc1nc(C(C)Cl)nc2c1CCCC2. The molecule has 1 aromatic heterocycles. The van der Waals surface area contributed by atoms with Gasteiger partial charge in [-0.2, -0.15) is 0 Å². The lowest BCUT2D eigenvalue weighted by Crippen LogP contribution is -2.12. The van der Waals surface area contributed by atoms with Gasteiger partial charge in [0, 0.05) is 11.4 Å². The van der Waals surface area contributed by atoms with Gasteiger partial charge in [0.25, 0.3) is 0 Å². The lowest BCUT2D eigenvalue weighted by Gasteiger charge is -2.17. The second-order valence-electron chi connectivity index (χ2n) is 3.92. The first kappa shape index (κ1) is 9.91. The molecule has 0 saturated heterocycles. The van der Waals surface area contributed by atoms with Gasteiger partial charge in [-0.25, -0.2) is 9.97 Å². The summed E-state index contributed by atoms with van der Waals surface area (Å²) in [5, 5.41) is -0.0825. The summed E-state index contributed by atoms with van der Waals surface area (Å²) in [5.41, 5.74) is 3.71. The van der Waals surface area contributed by atoms with Gasteiger partial charge < -0.3 is 0 Å². The van der Waals surface area contributed by atoms with Gasteiger partial charge in [0.15, 0.2) is 0 Å². The predicted molar refractivity (Wildman–Crippen MR) is 57.7 cm³/mol. The fourth-order valence-electron chi connectivity index (χ4n) is 1.98. The lowest BCUT2D eigenvalue weighted by atomic mass is 9.95. The number of hydrogen-bond acceptors (Lipinski definition) is 2. The first-order valence-corrected chi connectivity index (χ1v) is 5.62. The van der Waals surface area contributed by atoms with Gasteiger partial charge in [-0.15, -0.1) is 11.6 Å². The molecule has 1 aliphatic rings. The molecule has 3 heteroatoms. The van der Waals surface area contributed by atoms with Crippen molar-refractivity contribution >= 4 is 11.6 Å². The Morgan fingerprint density at radius 2 is 1.93 bits per heavy atom. The number of aromatic nitrogens is 2. The Bertz CT molecular complexity index is 347. The highest BCUT2D eigenvalue weighted by Gasteiger charge is 2.16. The molecule has 0 saturated carbocycles. The monoisotopic (exact) mass is 210 g/mol. The second kappa shape index (κ2) is 3.85. The van der Waals surface area contributed by atoms with Gasteiger partial charge in [-0.1, -0.05) is 0 Å². The van der Waals surface area contributed by atoms with E-state index in [0.29, 0.717) is 0 Å². The zero-order chi connectivity index (χ0) is 10.1. The van der Waals surface area contributed by atoms with Crippen LogP contribution in [0.25, 0.3) is 0 Å². The molecule has 0 radical (unpaired) electrons. The highest BCUT2D eigenvalue weighted by atomic mass is 35.5. The maximum atomic E-state index is 5.99. The van der Waals surface area contributed by atoms with E-state index in [1.54, 1.807) is 0 Å². The van der Waals surface area contributed by atoms with Crippen LogP contribution < -0.4 is 0 Å². The quantitative estimate of drug-likeness (QED) is 0.666. The van der Waals surface area contributed by atoms with Crippen LogP contribution in [-0.4, -0.2) is 9.97 Å². The molecule has 0 bridgehead atoms. The molecule has 0 aliphatic heterocycles. The van der Waals surface area contributed by atoms with Crippen molar-refractivity contribution in [1.29, 1.82) is 0 Å². The normalized spacial score (nSPS) is 17.6. The molecule has 0 fully saturated rings. The number of aryl methyl sites for hydroxylation is 2. The number of nitrogens with zero attached hydrogens (tertiary/aromatic N) is 2. The Hall–Kier alpha value is -0.630. The molecule has 1 heterocycles. The van der Waals surface area contributed by atoms with Crippen LogP contribution in [0.5, 0.6) is 0 Å². The zero-order valence-corrected chi connectivity index (χ0v) is 9.43. The second-order valence-corrected chi connectivity index (χ2v) is 4.57. The molecule has 2 rings (SSSR count). The highest BCUT2D eigenvalue weighted by molar-refractivity contribution is 6.20. The molecule has 2 nitrogen and oxygen atoms in total. The molecule has 0 aromatic carbocycles. The summed E-state index contributed by atoms with van der Waals surface area (Å²) in [6.45, 7) is 3.99. The van der Waals surface area contributed by atoms with Crippen molar-refractivity contribution in [3.05, 3.63) is 22.8 Å². The Kier molecular flexibility index (Phi) is 2.73. The van der Waals surface area contributed by atoms with E-state index in [0.717, 1.165) is 24.4 Å². The maximum Gasteiger partial charge on any atom is 0.146 e. The first-order chi connectivity index (χ1) is 6.68. The number of rotatable bonds is 1. The Balaban J connectivity index is 2.46. The third-order valence-corrected chi connectivity index (χ3v) is 2.96. The molecule has 1 unspecified atom stereocenters. The minimum atomic E-state index is -0.0825. The average Bonchev–Trinajstić information content (AvgIpc) is 2.17. The summed E-state index contributed by atoms with van der Waals surface area (Å²) in [7, 11) is 0. The van der Waals surface area contributed by atoms with Crippen molar-refractivity contribution < 1.29 is 0 Å². The van der Waals surface area contributed by atoms with Gasteiger partial charge in [0.05, 0.1) is 5.38 Å². The minimum absolute atomic E-state index is 0.0825. The molecule has 0 amide bonds. The smallest absolute Gasteiger partial charge is 0.146 e. The van der Waals surface area contributed by atoms with E-state index >= 15 is 0 Å². The average molecular weight is 211 g/mol. The van der Waals surface area contributed by atoms with Gasteiger partial charge >= 0.3 is 0 Å². The summed E-state index contributed by atoms with van der Waals surface area (Å²) in [6.07, 6.45) is 4.75. The van der Waals surface area contributed by atoms with Crippen LogP contribution in [0.1, 0.15) is 47.9 Å². The Labute approximate surface area is 89.7 Å². The van der Waals surface area contributed by atoms with Crippen molar-refractivity contribution in [2.75, 3.05) is 0 Å². The molecule has 1 aliphatic carbocycles. The van der Waals surface area contributed by atoms with Crippen LogP contribution in [0.15, 0.2) is 0 Å². The van der Waals surface area contributed by atoms with Crippen LogP contribution in [0.4, 0.5) is 0 Å². The lowest BCUT2D eigenvalue weighted by molar-refractivity contribution is 0.646. The van der Waals surface area contributed by atoms with E-state index in [2.05, 4.69) is 16.9 Å². The molecular formula is C11H15ClN2. The molecule has 1 atom stereocenters. The van der Waals surface area contributed by atoms with Crippen LogP contribution in [-0.2, 0) is 12.8 Å². The van der Waals surface area contributed by atoms with Crippen molar-refractivity contribution in [3.8, 4) is 0 Å². The third-order valence-electron chi connectivity index (χ3n) is 2.76. The van der Waals surface area contributed by atoms with E-state index in [1.165, 1.54) is 24.1 Å². The molecule has 1 aromatic rings. The highest BCUT2D eigenvalue weighted by Crippen LogP contribution is 2.24. The summed E-state index contributed by atoms with van der Waals surface area (Å²) in [5.74, 6) is 0.782. The van der Waals surface area contributed by atoms with E-state index < -0.39 is 0 Å². The van der Waals surface area contributed by atoms with Crippen LogP contribution >= 0.6 is 11.6 Å². The molecule has 0 spiro atoms. The third kappa shape index (κ3) is 1.76. The number of alkyl halides is 1. The maximum absolute atomic E-state index is 5.99. The molecule has 14 heavy (non-hydrogen) atoms. The van der Waals surface area contributed by atoms with Crippen molar-refractivity contribution in [2.24, 2.45) is 0 Å². The fourth-order valence-corrected chi connectivity index (χ4v) is 2.08. The molecular weight excluding hydrogens is 196 g/mol. The van der Waals surface area contributed by atoms with E-state index in [1.807, 2.05) is 6.92 Å². The predicted octanol–water partition coefficient (Wildman–Crippen LogP) is 2.96. The van der Waals surface area contributed by atoms with E-state index in [-0.39, 0.29) is 5.38 Å². The van der Waals surface area contributed by atoms with Crippen LogP contribution in [0.2, 0.25) is 0 Å². The summed E-state index contributed by atoms with van der Waals surface area (Å²) < 4.78 is 0. The van der Waals surface area contributed by atoms with Gasteiger partial charge in [-0.3, -0.25) is 0 Å². The Morgan fingerprint density at radius 3 is 2.64 bits per heavy atom. The standard InChI is InChI=1S/C11H15ClN2/c1-7(12)11-13-8(2)9-5-3-4-6-10(9)14-11/h7H,3-6H2,1-2H3. The largest absolute Gasteiger partial charge is 0.236 e. The van der Waals surface area contributed by atoms with Gasteiger partial charge in [0.1, 0.15) is 5.82 Å². The van der Waals surface area contributed by atoms with Crippen molar-refractivity contribution in [1.82, 2.24) is 9.97 Å². The molecule has 76 valence electrons.